The molecule has 0 amide bonds. The van der Waals surface area contributed by atoms with Crippen molar-refractivity contribution in [2.24, 2.45) is 0 Å². The van der Waals surface area contributed by atoms with Gasteiger partial charge in [0.05, 0.1) is 0 Å². The second-order valence-electron chi connectivity index (χ2n) is 6.21. The molecule has 2 heteroatoms. The second-order valence-corrected chi connectivity index (χ2v) is 9.77. The first-order chi connectivity index (χ1) is 12.3. The predicted octanol–water partition coefficient (Wildman–Crippen LogP) is 7.20. The van der Waals surface area contributed by atoms with Gasteiger partial charge >= 0.3 is 146 Å². The minimum atomic E-state index is -0.0650. The van der Waals surface area contributed by atoms with Crippen LogP contribution >= 0.6 is 0 Å². The molecule has 0 aliphatic rings. The first-order valence-electron chi connectivity index (χ1n) is 8.69. The Morgan fingerprint density at radius 1 is 0.720 bits per heavy atom. The van der Waals surface area contributed by atoms with E-state index in [1.165, 1.54) is 36.0 Å². The monoisotopic (exact) mass is 558 g/mol. The van der Waals surface area contributed by atoms with Gasteiger partial charge in [0.2, 0.25) is 0 Å². The molecule has 130 valence electrons. The van der Waals surface area contributed by atoms with Crippen molar-refractivity contribution in [2.75, 3.05) is 4.90 Å². The van der Waals surface area contributed by atoms with Gasteiger partial charge in [-0.3, -0.25) is 0 Å². The van der Waals surface area contributed by atoms with Gasteiger partial charge in [-0.1, -0.05) is 0 Å². The summed E-state index contributed by atoms with van der Waals surface area (Å²) in [6.45, 7) is 3.82. The molecule has 1 nitrogen and oxygen atoms in total. The Balaban J connectivity index is 1.92. The van der Waals surface area contributed by atoms with E-state index < -0.39 is 0 Å². The Bertz CT molecular complexity index is 714. The summed E-state index contributed by atoms with van der Waals surface area (Å²) < 4.78 is -0.0650. The van der Waals surface area contributed by atoms with Gasteiger partial charge in [-0.2, -0.15) is 0 Å². The summed E-state index contributed by atoms with van der Waals surface area (Å²) in [5.74, 6) is 0.663. The van der Waals surface area contributed by atoms with E-state index in [0.29, 0.717) is 5.92 Å². The number of hydrogen-bond donors (Lipinski definition) is 0. The van der Waals surface area contributed by atoms with E-state index in [1.807, 2.05) is 0 Å². The molecule has 0 spiro atoms. The van der Waals surface area contributed by atoms with Crippen LogP contribution in [0.5, 0.6) is 0 Å². The number of anilines is 3. The summed E-state index contributed by atoms with van der Waals surface area (Å²) in [6, 6.07) is 30.3. The Kier molecular flexibility index (Phi) is 5.11. The van der Waals surface area contributed by atoms with Crippen molar-refractivity contribution in [3.8, 4) is 0 Å². The van der Waals surface area contributed by atoms with E-state index in [0.717, 1.165) is 0 Å². The third kappa shape index (κ3) is 3.87. The predicted molar refractivity (Wildman–Crippen MR) is 105 cm³/mol. The Hall–Kier alpha value is -3.54. The number of para-hydroxylation sites is 2. The summed E-state index contributed by atoms with van der Waals surface area (Å²) in [5, 5.41) is 0. The molecule has 0 fully saturated rings. The Morgan fingerprint density at radius 3 is 1.68 bits per heavy atom. The molecule has 0 radical (unpaired) electrons. The van der Waals surface area contributed by atoms with E-state index in [-0.39, 0.29) is 0 Å². The van der Waals surface area contributed by atoms with Crippen LogP contribution in [0.1, 0.15) is 24.8 Å². The molecule has 0 heterocycles. The summed E-state index contributed by atoms with van der Waals surface area (Å²) in [5.41, 5.74) is 5.04. The first-order valence-corrected chi connectivity index (χ1v) is 13.7. The third-order valence-corrected chi connectivity index (χ3v) is 6.78. The van der Waals surface area contributed by atoms with E-state index in [2.05, 4.69) is 104 Å². The van der Waals surface area contributed by atoms with Crippen molar-refractivity contribution in [2.45, 2.75) is 33.6 Å². The molecule has 0 aliphatic carbocycles. The van der Waals surface area contributed by atoms with Gasteiger partial charge in [0.25, 0.3) is 0 Å². The summed E-state index contributed by atoms with van der Waals surface area (Å²) in [7, 11) is 2.43. The van der Waals surface area contributed by atoms with Crippen molar-refractivity contribution in [3.05, 3.63) is 90.5 Å². The zero-order valence-corrected chi connectivity index (χ0v) is 17.8. The maximum absolute atomic E-state index is 2.43. The van der Waals surface area contributed by atoms with Crippen LogP contribution in [0.15, 0.2) is 84.9 Å². The summed E-state index contributed by atoms with van der Waals surface area (Å²) >= 11 is 0. The number of nitrogens with zero attached hydrogens (tertiary/aromatic N) is 1. The number of hydrogen-bond acceptors (Lipinski definition) is 1. The van der Waals surface area contributed by atoms with Crippen molar-refractivity contribution < 1.29 is 0 Å². The quantitative estimate of drug-likeness (QED) is 0.295. The van der Waals surface area contributed by atoms with Gasteiger partial charge < -0.3 is 0 Å². The normalized spacial score (nSPS) is 11.6. The van der Waals surface area contributed by atoms with Crippen LogP contribution in [0.4, 0.5) is 17.1 Å². The van der Waals surface area contributed by atoms with Crippen molar-refractivity contribution in [3.63, 3.8) is 0 Å². The molecule has 0 aliphatic heterocycles. The fourth-order valence-electron chi connectivity index (χ4n) is 2.98. The molecule has 0 saturated carbocycles. The van der Waals surface area contributed by atoms with Gasteiger partial charge in [-0.15, -0.1) is 0 Å². The van der Waals surface area contributed by atoms with Gasteiger partial charge in [0, 0.05) is 0 Å². The first kappa shape index (κ1) is 16.3. The Morgan fingerprint density at radius 2 is 1.20 bits per heavy atom. The Labute approximate surface area is 146 Å². The van der Waals surface area contributed by atoms with E-state index in [4.69, 9.17) is 0 Å². The molecule has 1 atom stereocenters. The topological polar surface area (TPSA) is 3.24 Å². The van der Waals surface area contributed by atoms with Crippen LogP contribution in [0, 0.1) is 0 Å². The number of benzene rings is 3. The van der Waals surface area contributed by atoms with Crippen LogP contribution in [-0.4, -0.2) is 0 Å². The van der Waals surface area contributed by atoms with Crippen molar-refractivity contribution in [1.82, 2.24) is 0 Å². The van der Waals surface area contributed by atoms with Gasteiger partial charge in [-0.25, -0.2) is 0 Å². The molecule has 0 saturated heterocycles. The van der Waals surface area contributed by atoms with E-state index >= 15 is 0 Å². The maximum atomic E-state index is 2.43. The summed E-state index contributed by atoms with van der Waals surface area (Å²) in [4.78, 5) is 2.31. The second kappa shape index (κ2) is 7.83. The molecule has 0 bridgehead atoms. The number of rotatable bonds is 7. The molecular formula is C23H25CmN. The molecule has 3 aromatic carbocycles. The molecule has 25 heavy (non-hydrogen) atoms. The van der Waals surface area contributed by atoms with E-state index in [9.17, 15) is 0 Å². The standard InChI is InChI=1S/C22H22N.CH3.Cm/c1-3-18(2)19-14-16-22(17-15-19)23(20-10-6-4-7-11-20)21-12-8-5-9-13-21;;/h4-18H,1,3H2,2H3;1H3;. The minimum absolute atomic E-state index is 0.0650. The zero-order valence-electron chi connectivity index (χ0n) is 14.9. The molecule has 0 N–H and O–H groups in total. The fraction of sp³-hybridized carbons (Fsp3) is 0.217. The van der Waals surface area contributed by atoms with Crippen LogP contribution < -0.4 is 4.90 Å². The van der Waals surface area contributed by atoms with Crippen LogP contribution in [0.3, 0.4) is 0 Å². The van der Waals surface area contributed by atoms with Crippen molar-refractivity contribution in [1.29, 1.82) is 0 Å². The van der Waals surface area contributed by atoms with E-state index in [1.54, 1.807) is 0 Å². The molecule has 3 rings (SSSR count). The molecule has 0 aromatic heterocycles. The average Bonchev–Trinajstić information content (AvgIpc) is 2.68. The average molecular weight is 562 g/mol. The summed E-state index contributed by atoms with van der Waals surface area (Å²) in [6.07, 6.45) is 1.34. The van der Waals surface area contributed by atoms with Crippen LogP contribution in [0.25, 0.3) is 0 Å². The van der Waals surface area contributed by atoms with Gasteiger partial charge in [0.1, 0.15) is 0 Å². The van der Waals surface area contributed by atoms with Crippen LogP contribution in [-0.2, 0) is 0 Å². The molecule has 3 aromatic rings. The van der Waals surface area contributed by atoms with Crippen LogP contribution in [0.2, 0.25) is 14.4 Å². The zero-order chi connectivity index (χ0) is 17.5. The molecule has 1 unspecified atom stereocenters. The SMILES string of the molecule is [CH3][Cm][CH2]CC(C)c1ccc(N(c2ccccc2)c2ccccc2)cc1. The fourth-order valence-corrected chi connectivity index (χ4v) is 5.10. The van der Waals surface area contributed by atoms with Gasteiger partial charge in [0.15, 0.2) is 0 Å². The molecular weight excluding hydrogens is 537 g/mol. The third-order valence-electron chi connectivity index (χ3n) is 4.46. The van der Waals surface area contributed by atoms with Crippen molar-refractivity contribution >= 4 is 17.1 Å². The van der Waals surface area contributed by atoms with Gasteiger partial charge in [-0.05, 0) is 0 Å².